The van der Waals surface area contributed by atoms with Gasteiger partial charge in [0.25, 0.3) is 0 Å². The quantitative estimate of drug-likeness (QED) is 0.690. The van der Waals surface area contributed by atoms with Gasteiger partial charge in [0.15, 0.2) is 0 Å². The Morgan fingerprint density at radius 1 is 0.905 bits per heavy atom. The van der Waals surface area contributed by atoms with Gasteiger partial charge in [0.1, 0.15) is 5.75 Å². The number of hydrogen-bond acceptors (Lipinski definition) is 2. The van der Waals surface area contributed by atoms with Crippen LogP contribution in [0.25, 0.3) is 22.2 Å². The second-order valence-corrected chi connectivity index (χ2v) is 5.79. The van der Waals surface area contributed by atoms with Crippen molar-refractivity contribution in [3.8, 4) is 17.0 Å². The number of phenols is 1. The summed E-state index contributed by atoms with van der Waals surface area (Å²) >= 11 is 0. The Morgan fingerprint density at radius 2 is 1.57 bits per heavy atom. The third-order valence-corrected chi connectivity index (χ3v) is 4.69. The predicted octanol–water partition coefficient (Wildman–Crippen LogP) is 4.48. The van der Waals surface area contributed by atoms with Crippen LogP contribution in [-0.2, 0) is 0 Å². The Labute approximate surface area is 124 Å². The van der Waals surface area contributed by atoms with E-state index in [1.807, 2.05) is 25.1 Å². The van der Waals surface area contributed by atoms with Crippen molar-refractivity contribution in [2.24, 2.45) is 0 Å². The summed E-state index contributed by atoms with van der Waals surface area (Å²) in [5.74, 6) is 0.318. The van der Waals surface area contributed by atoms with Crippen LogP contribution in [0.15, 0.2) is 18.2 Å². The van der Waals surface area contributed by atoms with Crippen LogP contribution in [0.4, 0.5) is 0 Å². The van der Waals surface area contributed by atoms with Crippen molar-refractivity contribution < 1.29 is 5.11 Å². The van der Waals surface area contributed by atoms with E-state index in [1.54, 1.807) is 0 Å². The van der Waals surface area contributed by atoms with Crippen LogP contribution >= 0.6 is 0 Å². The number of nitrogens with one attached hydrogen (secondary N) is 1. The summed E-state index contributed by atoms with van der Waals surface area (Å²) in [5.41, 5.74) is 8.56. The highest BCUT2D eigenvalue weighted by atomic mass is 16.3. The molecule has 0 radical (unpaired) electrons. The Bertz CT molecular complexity index is 860. The fraction of sp³-hybridized carbons (Fsp3) is 0.278. The lowest BCUT2D eigenvalue weighted by molar-refractivity contribution is 0.473. The molecule has 0 fully saturated rings. The first-order valence-corrected chi connectivity index (χ1v) is 7.16. The Kier molecular flexibility index (Phi) is 3.01. The molecule has 0 spiro atoms. The molecule has 0 aliphatic heterocycles. The van der Waals surface area contributed by atoms with Gasteiger partial charge in [-0.3, -0.25) is 5.10 Å². The molecule has 21 heavy (non-hydrogen) atoms. The first-order valence-electron chi connectivity index (χ1n) is 7.16. The number of hydrogen-bond donors (Lipinski definition) is 2. The van der Waals surface area contributed by atoms with Crippen LogP contribution in [0, 0.1) is 34.6 Å². The van der Waals surface area contributed by atoms with Crippen LogP contribution in [0.5, 0.6) is 5.75 Å². The van der Waals surface area contributed by atoms with Gasteiger partial charge in [-0.15, -0.1) is 0 Å². The minimum atomic E-state index is 0.318. The Balaban J connectivity index is 2.43. The van der Waals surface area contributed by atoms with Crippen molar-refractivity contribution in [2.75, 3.05) is 0 Å². The lowest BCUT2D eigenvalue weighted by Crippen LogP contribution is -1.93. The molecule has 0 unspecified atom stereocenters. The molecule has 108 valence electrons. The van der Waals surface area contributed by atoms with Crippen LogP contribution in [0.2, 0.25) is 0 Å². The molecule has 2 aromatic carbocycles. The Hall–Kier alpha value is -2.29. The number of nitrogens with zero attached hydrogens (tertiary/aromatic N) is 1. The minimum Gasteiger partial charge on any atom is -0.507 e. The maximum Gasteiger partial charge on any atom is 0.127 e. The SMILES string of the molecule is Cc1cccc(-c2[nH]nc3c(C)c(C)c(C)c(C)c23)c1O. The van der Waals surface area contributed by atoms with Gasteiger partial charge in [0, 0.05) is 10.9 Å². The number of fused-ring (bicyclic) bond motifs is 1. The zero-order valence-electron chi connectivity index (χ0n) is 13.1. The summed E-state index contributed by atoms with van der Waals surface area (Å²) in [7, 11) is 0. The Morgan fingerprint density at radius 3 is 2.29 bits per heavy atom. The van der Waals surface area contributed by atoms with E-state index in [1.165, 1.54) is 22.3 Å². The smallest absolute Gasteiger partial charge is 0.127 e. The van der Waals surface area contributed by atoms with E-state index in [4.69, 9.17) is 0 Å². The molecule has 2 N–H and O–H groups in total. The standard InChI is InChI=1S/C18H20N2O/c1-9-7-6-8-14(18(9)21)17-15-12(4)10(2)11(3)13(5)16(15)19-20-17/h6-8,21H,1-5H3,(H,19,20). The zero-order chi connectivity index (χ0) is 15.3. The van der Waals surface area contributed by atoms with Crippen LogP contribution in [0.3, 0.4) is 0 Å². The molecule has 3 aromatic rings. The first-order chi connectivity index (χ1) is 9.93. The molecule has 0 aliphatic rings. The van der Waals surface area contributed by atoms with Gasteiger partial charge in [0.05, 0.1) is 11.2 Å². The van der Waals surface area contributed by atoms with E-state index in [9.17, 15) is 5.11 Å². The second kappa shape index (κ2) is 4.62. The molecule has 3 heteroatoms. The summed E-state index contributed by atoms with van der Waals surface area (Å²) < 4.78 is 0. The van der Waals surface area contributed by atoms with Crippen molar-refractivity contribution in [2.45, 2.75) is 34.6 Å². The maximum absolute atomic E-state index is 10.4. The topological polar surface area (TPSA) is 48.9 Å². The molecule has 0 aliphatic carbocycles. The van der Waals surface area contributed by atoms with Gasteiger partial charge in [-0.05, 0) is 68.5 Å². The highest BCUT2D eigenvalue weighted by Crippen LogP contribution is 2.38. The highest BCUT2D eigenvalue weighted by Gasteiger charge is 2.18. The predicted molar refractivity (Wildman–Crippen MR) is 86.9 cm³/mol. The van der Waals surface area contributed by atoms with Crippen molar-refractivity contribution in [1.29, 1.82) is 0 Å². The number of aryl methyl sites for hydroxylation is 3. The molecule has 0 amide bonds. The number of aromatic amines is 1. The first kappa shape index (κ1) is 13.7. The van der Waals surface area contributed by atoms with E-state index in [0.717, 1.165) is 27.7 Å². The number of benzene rings is 2. The minimum absolute atomic E-state index is 0.318. The molecule has 1 aromatic heterocycles. The summed E-state index contributed by atoms with van der Waals surface area (Å²) in [6, 6.07) is 5.80. The lowest BCUT2D eigenvalue weighted by Gasteiger charge is -2.12. The average Bonchev–Trinajstić information content (AvgIpc) is 2.90. The molecule has 1 heterocycles. The van der Waals surface area contributed by atoms with E-state index >= 15 is 0 Å². The number of phenolic OH excluding ortho intramolecular Hbond substituents is 1. The van der Waals surface area contributed by atoms with Crippen LogP contribution in [-0.4, -0.2) is 15.3 Å². The lowest BCUT2D eigenvalue weighted by atomic mass is 9.92. The third kappa shape index (κ3) is 1.84. The van der Waals surface area contributed by atoms with Gasteiger partial charge in [-0.25, -0.2) is 0 Å². The van der Waals surface area contributed by atoms with Crippen LogP contribution < -0.4 is 0 Å². The van der Waals surface area contributed by atoms with Crippen molar-refractivity contribution in [3.63, 3.8) is 0 Å². The fourth-order valence-electron chi connectivity index (χ4n) is 2.96. The maximum atomic E-state index is 10.4. The van der Waals surface area contributed by atoms with E-state index in [-0.39, 0.29) is 0 Å². The molecule has 0 saturated heterocycles. The number of para-hydroxylation sites is 1. The summed E-state index contributed by atoms with van der Waals surface area (Å²) in [6.07, 6.45) is 0. The summed E-state index contributed by atoms with van der Waals surface area (Å²) in [6.45, 7) is 10.4. The van der Waals surface area contributed by atoms with Gasteiger partial charge in [0.2, 0.25) is 0 Å². The van der Waals surface area contributed by atoms with Crippen molar-refractivity contribution >= 4 is 10.9 Å². The number of aromatic nitrogens is 2. The van der Waals surface area contributed by atoms with Crippen molar-refractivity contribution in [3.05, 3.63) is 46.0 Å². The molecular weight excluding hydrogens is 260 g/mol. The molecule has 3 rings (SSSR count). The third-order valence-electron chi connectivity index (χ3n) is 4.69. The van der Waals surface area contributed by atoms with Crippen LogP contribution in [0.1, 0.15) is 27.8 Å². The molecular formula is C18H20N2O. The number of rotatable bonds is 1. The number of H-pyrrole nitrogens is 1. The molecule has 0 atom stereocenters. The van der Waals surface area contributed by atoms with Gasteiger partial charge in [-0.2, -0.15) is 5.10 Å². The molecule has 0 bridgehead atoms. The van der Waals surface area contributed by atoms with E-state index in [2.05, 4.69) is 37.9 Å². The second-order valence-electron chi connectivity index (χ2n) is 5.79. The van der Waals surface area contributed by atoms with Gasteiger partial charge >= 0.3 is 0 Å². The highest BCUT2D eigenvalue weighted by molar-refractivity contribution is 5.99. The largest absolute Gasteiger partial charge is 0.507 e. The zero-order valence-corrected chi connectivity index (χ0v) is 13.1. The monoisotopic (exact) mass is 280 g/mol. The van der Waals surface area contributed by atoms with Gasteiger partial charge in [-0.1, -0.05) is 12.1 Å². The normalized spacial score (nSPS) is 11.3. The fourth-order valence-corrected chi connectivity index (χ4v) is 2.96. The summed E-state index contributed by atoms with van der Waals surface area (Å²) in [4.78, 5) is 0. The van der Waals surface area contributed by atoms with E-state index in [0.29, 0.717) is 5.75 Å². The van der Waals surface area contributed by atoms with E-state index < -0.39 is 0 Å². The average molecular weight is 280 g/mol. The van der Waals surface area contributed by atoms with Crippen molar-refractivity contribution in [1.82, 2.24) is 10.2 Å². The summed E-state index contributed by atoms with van der Waals surface area (Å²) in [5, 5.41) is 19.1. The molecule has 0 saturated carbocycles. The molecule has 3 nitrogen and oxygen atoms in total. The number of aromatic hydroxyl groups is 1. The van der Waals surface area contributed by atoms with Gasteiger partial charge < -0.3 is 5.11 Å².